The standard InChI is InChI=1S/C25H25Cl4NO4/c1-2-3-4-5-6-7-8-9-13-34-25(33)15-11-10-12-16(14-15)30-23(31)17-18(24(30)32)20(27)22(29)21(28)19(17)26/h10-12,14H,2-9,13H2,1H3. The first-order valence-electron chi connectivity index (χ1n) is 11.3. The lowest BCUT2D eigenvalue weighted by atomic mass is 10.1. The summed E-state index contributed by atoms with van der Waals surface area (Å²) in [5.74, 6) is -1.92. The van der Waals surface area contributed by atoms with Gasteiger partial charge >= 0.3 is 5.97 Å². The quantitative estimate of drug-likeness (QED) is 0.0936. The normalized spacial score (nSPS) is 12.9. The smallest absolute Gasteiger partial charge is 0.338 e. The fourth-order valence-corrected chi connectivity index (χ4v) is 4.85. The number of benzene rings is 2. The number of carbonyl (C=O) groups excluding carboxylic acids is 3. The molecule has 34 heavy (non-hydrogen) atoms. The van der Waals surface area contributed by atoms with E-state index in [2.05, 4.69) is 6.92 Å². The Hall–Kier alpha value is -1.79. The van der Waals surface area contributed by atoms with E-state index in [1.54, 1.807) is 12.1 Å². The van der Waals surface area contributed by atoms with Gasteiger partial charge in [0.25, 0.3) is 11.8 Å². The van der Waals surface area contributed by atoms with E-state index in [9.17, 15) is 14.4 Å². The van der Waals surface area contributed by atoms with Crippen molar-refractivity contribution in [3.8, 4) is 0 Å². The summed E-state index contributed by atoms with van der Waals surface area (Å²) in [6.07, 6.45) is 9.13. The van der Waals surface area contributed by atoms with Crippen LogP contribution in [-0.4, -0.2) is 24.4 Å². The second-order valence-electron chi connectivity index (χ2n) is 8.11. The zero-order chi connectivity index (χ0) is 24.8. The summed E-state index contributed by atoms with van der Waals surface area (Å²) < 4.78 is 5.37. The topological polar surface area (TPSA) is 63.7 Å². The van der Waals surface area contributed by atoms with Crippen LogP contribution in [-0.2, 0) is 4.74 Å². The van der Waals surface area contributed by atoms with Gasteiger partial charge in [-0.1, -0.05) is 104 Å². The summed E-state index contributed by atoms with van der Waals surface area (Å²) in [5.41, 5.74) is 0.177. The average molecular weight is 545 g/mol. The number of esters is 1. The van der Waals surface area contributed by atoms with E-state index in [4.69, 9.17) is 51.1 Å². The number of imide groups is 1. The first-order chi connectivity index (χ1) is 16.3. The molecule has 0 N–H and O–H groups in total. The number of rotatable bonds is 11. The minimum Gasteiger partial charge on any atom is -0.462 e. The number of carbonyl (C=O) groups is 3. The second-order valence-corrected chi connectivity index (χ2v) is 9.62. The SMILES string of the molecule is CCCCCCCCCCOC(=O)c1cccc(N2C(=O)c3c(Cl)c(Cl)c(Cl)c(Cl)c3C2=O)c1. The molecular formula is C25H25Cl4NO4. The molecule has 0 spiro atoms. The number of hydrogen-bond donors (Lipinski definition) is 0. The van der Waals surface area contributed by atoms with Crippen molar-refractivity contribution in [1.29, 1.82) is 0 Å². The van der Waals surface area contributed by atoms with E-state index in [1.165, 1.54) is 44.2 Å². The molecule has 9 heteroatoms. The van der Waals surface area contributed by atoms with Crippen molar-refractivity contribution in [3.05, 3.63) is 61.0 Å². The Morgan fingerprint density at radius 2 is 1.32 bits per heavy atom. The molecular weight excluding hydrogens is 520 g/mol. The predicted molar refractivity (Wildman–Crippen MR) is 137 cm³/mol. The third kappa shape index (κ3) is 5.71. The van der Waals surface area contributed by atoms with Crippen LogP contribution in [0.4, 0.5) is 5.69 Å². The number of amides is 2. The second kappa shape index (κ2) is 12.3. The summed E-state index contributed by atoms with van der Waals surface area (Å²) in [7, 11) is 0. The number of hydrogen-bond acceptors (Lipinski definition) is 4. The van der Waals surface area contributed by atoms with Crippen LogP contribution in [0.15, 0.2) is 24.3 Å². The summed E-state index contributed by atoms with van der Waals surface area (Å²) >= 11 is 24.5. The van der Waals surface area contributed by atoms with Crippen molar-refractivity contribution < 1.29 is 19.1 Å². The molecule has 1 aliphatic rings. The van der Waals surface area contributed by atoms with Gasteiger partial charge in [-0.3, -0.25) is 9.59 Å². The molecule has 0 atom stereocenters. The molecule has 3 rings (SSSR count). The van der Waals surface area contributed by atoms with E-state index in [1.807, 2.05) is 0 Å². The first-order valence-corrected chi connectivity index (χ1v) is 12.8. The molecule has 182 valence electrons. The zero-order valence-electron chi connectivity index (χ0n) is 18.8. The molecule has 0 unspecified atom stereocenters. The fourth-order valence-electron chi connectivity index (χ4n) is 3.84. The lowest BCUT2D eigenvalue weighted by Crippen LogP contribution is -2.29. The summed E-state index contributed by atoms with van der Waals surface area (Å²) in [5, 5.41) is -0.498. The maximum absolute atomic E-state index is 13.0. The molecule has 0 bridgehead atoms. The van der Waals surface area contributed by atoms with Crippen molar-refractivity contribution in [3.63, 3.8) is 0 Å². The number of halogens is 4. The highest BCUT2D eigenvalue weighted by atomic mass is 35.5. The number of nitrogens with zero attached hydrogens (tertiary/aromatic N) is 1. The molecule has 1 aliphatic heterocycles. The van der Waals surface area contributed by atoms with E-state index in [0.29, 0.717) is 6.61 Å². The third-order valence-corrected chi connectivity index (χ3v) is 7.47. The van der Waals surface area contributed by atoms with Crippen molar-refractivity contribution >= 4 is 69.9 Å². The van der Waals surface area contributed by atoms with Gasteiger partial charge in [-0.15, -0.1) is 0 Å². The third-order valence-electron chi connectivity index (χ3n) is 5.67. The Morgan fingerprint density at radius 3 is 1.88 bits per heavy atom. The Labute approximate surface area is 219 Å². The van der Waals surface area contributed by atoms with Gasteiger partial charge in [0.05, 0.1) is 49.1 Å². The van der Waals surface area contributed by atoms with Crippen molar-refractivity contribution in [1.82, 2.24) is 0 Å². The van der Waals surface area contributed by atoms with Gasteiger partial charge in [0.2, 0.25) is 0 Å². The number of fused-ring (bicyclic) bond motifs is 1. The molecule has 0 aromatic heterocycles. The van der Waals surface area contributed by atoms with E-state index < -0.39 is 17.8 Å². The first kappa shape index (κ1) is 26.8. The molecule has 1 heterocycles. The van der Waals surface area contributed by atoms with Crippen molar-refractivity contribution in [2.75, 3.05) is 11.5 Å². The maximum Gasteiger partial charge on any atom is 0.338 e. The molecule has 0 fully saturated rings. The van der Waals surface area contributed by atoms with Crippen LogP contribution >= 0.6 is 46.4 Å². The monoisotopic (exact) mass is 543 g/mol. The fraction of sp³-hybridized carbons (Fsp3) is 0.400. The highest BCUT2D eigenvalue weighted by Crippen LogP contribution is 2.45. The molecule has 2 aromatic rings. The highest BCUT2D eigenvalue weighted by Gasteiger charge is 2.42. The number of unbranched alkanes of at least 4 members (excludes halogenated alkanes) is 7. The lowest BCUT2D eigenvalue weighted by Gasteiger charge is -2.15. The van der Waals surface area contributed by atoms with Crippen LogP contribution in [0, 0.1) is 0 Å². The van der Waals surface area contributed by atoms with E-state index in [0.717, 1.165) is 24.2 Å². The van der Waals surface area contributed by atoms with Gasteiger partial charge in [-0.25, -0.2) is 9.69 Å². The number of anilines is 1. The molecule has 0 saturated carbocycles. The van der Waals surface area contributed by atoms with Crippen LogP contribution in [0.3, 0.4) is 0 Å². The maximum atomic E-state index is 13.0. The molecule has 0 saturated heterocycles. The van der Waals surface area contributed by atoms with Crippen LogP contribution < -0.4 is 4.90 Å². The minimum atomic E-state index is -0.699. The zero-order valence-corrected chi connectivity index (χ0v) is 21.8. The Bertz CT molecular complexity index is 1060. The van der Waals surface area contributed by atoms with Crippen LogP contribution in [0.25, 0.3) is 0 Å². The molecule has 2 aromatic carbocycles. The summed E-state index contributed by atoms with van der Waals surface area (Å²) in [4.78, 5) is 39.5. The van der Waals surface area contributed by atoms with Crippen LogP contribution in [0.2, 0.25) is 20.1 Å². The van der Waals surface area contributed by atoms with Gasteiger partial charge in [0.1, 0.15) is 0 Å². The van der Waals surface area contributed by atoms with Crippen LogP contribution in [0.5, 0.6) is 0 Å². The van der Waals surface area contributed by atoms with Crippen molar-refractivity contribution in [2.24, 2.45) is 0 Å². The molecule has 2 amide bonds. The minimum absolute atomic E-state index is 0.103. The highest BCUT2D eigenvalue weighted by molar-refractivity contribution is 6.56. The van der Waals surface area contributed by atoms with Gasteiger partial charge in [-0.05, 0) is 24.6 Å². The summed E-state index contributed by atoms with van der Waals surface area (Å²) in [6, 6.07) is 6.07. The van der Waals surface area contributed by atoms with Gasteiger partial charge in [0, 0.05) is 0 Å². The Balaban J connectivity index is 1.64. The Morgan fingerprint density at radius 1 is 0.794 bits per heavy atom. The van der Waals surface area contributed by atoms with Gasteiger partial charge in [0.15, 0.2) is 0 Å². The van der Waals surface area contributed by atoms with Gasteiger partial charge < -0.3 is 4.74 Å². The molecule has 5 nitrogen and oxygen atoms in total. The molecule has 0 aliphatic carbocycles. The van der Waals surface area contributed by atoms with Crippen molar-refractivity contribution in [2.45, 2.75) is 58.3 Å². The Kier molecular flexibility index (Phi) is 9.66. The van der Waals surface area contributed by atoms with Gasteiger partial charge in [-0.2, -0.15) is 0 Å². The largest absolute Gasteiger partial charge is 0.462 e. The summed E-state index contributed by atoms with van der Waals surface area (Å²) in [6.45, 7) is 2.51. The number of ether oxygens (including phenoxy) is 1. The molecule has 0 radical (unpaired) electrons. The average Bonchev–Trinajstić information content (AvgIpc) is 3.10. The lowest BCUT2D eigenvalue weighted by molar-refractivity contribution is 0.0497. The van der Waals surface area contributed by atoms with E-state index in [-0.39, 0.29) is 42.5 Å². The predicted octanol–water partition coefficient (Wildman–Crippen LogP) is 8.40. The van der Waals surface area contributed by atoms with E-state index >= 15 is 0 Å². The van der Waals surface area contributed by atoms with Crippen LogP contribution in [0.1, 0.15) is 89.4 Å².